The zero-order valence-corrected chi connectivity index (χ0v) is 22.6. The highest BCUT2D eigenvalue weighted by Crippen LogP contribution is 2.39. The molecule has 0 radical (unpaired) electrons. The summed E-state index contributed by atoms with van der Waals surface area (Å²) in [6, 6.07) is 8.99. The Labute approximate surface area is 233 Å². The largest absolute Gasteiger partial charge is 0.494 e. The van der Waals surface area contributed by atoms with Crippen molar-refractivity contribution in [2.24, 2.45) is 0 Å². The van der Waals surface area contributed by atoms with Crippen molar-refractivity contribution in [3.05, 3.63) is 60.0 Å². The lowest BCUT2D eigenvalue weighted by Gasteiger charge is -2.34. The Bertz CT molecular complexity index is 1620. The number of benzene rings is 1. The number of anilines is 1. The summed E-state index contributed by atoms with van der Waals surface area (Å²) < 4.78 is 5.51. The number of methoxy groups -OCH3 is 1. The number of nitrogens with zero attached hydrogens (tertiary/aromatic N) is 5. The van der Waals surface area contributed by atoms with Crippen LogP contribution < -0.4 is 9.64 Å². The molecule has 5 heterocycles. The van der Waals surface area contributed by atoms with Crippen molar-refractivity contribution in [1.82, 2.24) is 24.8 Å². The predicted octanol–water partition coefficient (Wildman–Crippen LogP) is 2.99. The molecule has 0 spiro atoms. The molecule has 2 fully saturated rings. The van der Waals surface area contributed by atoms with Crippen molar-refractivity contribution >= 4 is 50.9 Å². The van der Waals surface area contributed by atoms with Gasteiger partial charge in [0.05, 0.1) is 34.7 Å². The molecule has 11 nitrogen and oxygen atoms in total. The minimum atomic E-state index is -0.669. The lowest BCUT2D eigenvalue weighted by Crippen LogP contribution is -2.52. The molecule has 204 valence electrons. The van der Waals surface area contributed by atoms with E-state index in [4.69, 9.17) is 4.74 Å². The van der Waals surface area contributed by atoms with Gasteiger partial charge < -0.3 is 19.5 Å². The van der Waals surface area contributed by atoms with Crippen LogP contribution in [0.5, 0.6) is 5.75 Å². The predicted molar refractivity (Wildman–Crippen MR) is 149 cm³/mol. The van der Waals surface area contributed by atoms with Crippen LogP contribution in [0.2, 0.25) is 0 Å². The highest BCUT2D eigenvalue weighted by molar-refractivity contribution is 7.19. The third kappa shape index (κ3) is 4.49. The molecule has 2 aliphatic rings. The number of carbonyl (C=O) groups is 4. The topological polar surface area (TPSA) is 129 Å². The summed E-state index contributed by atoms with van der Waals surface area (Å²) in [6.45, 7) is 1.83. The SMILES string of the molecule is COc1cnc(-c2cnc(N3CCCC3=O)s2)c2[nH]cc(C(=O)C(=O)N3CCN(C(=O)c4ccccc4)CC3)c12. The Morgan fingerprint density at radius 2 is 1.73 bits per heavy atom. The van der Waals surface area contributed by atoms with Crippen LogP contribution in [0.15, 0.2) is 48.9 Å². The summed E-state index contributed by atoms with van der Waals surface area (Å²) >= 11 is 1.34. The molecule has 0 unspecified atom stereocenters. The van der Waals surface area contributed by atoms with Crippen molar-refractivity contribution in [2.45, 2.75) is 12.8 Å². The van der Waals surface area contributed by atoms with Crippen LogP contribution in [0.25, 0.3) is 21.5 Å². The number of pyridine rings is 1. The van der Waals surface area contributed by atoms with Crippen LogP contribution >= 0.6 is 11.3 Å². The fraction of sp³-hybridized carbons (Fsp3) is 0.286. The molecule has 4 aromatic rings. The van der Waals surface area contributed by atoms with Gasteiger partial charge in [0.2, 0.25) is 5.91 Å². The molecule has 0 atom stereocenters. The summed E-state index contributed by atoms with van der Waals surface area (Å²) in [5.41, 5.74) is 1.86. The standard InChI is InChI=1S/C28H26N6O5S/c1-39-19-15-30-23(20-16-31-28(40-20)34-9-5-8-21(34)35)24-22(19)18(14-29-24)25(36)27(38)33-12-10-32(11-13-33)26(37)17-6-3-2-4-7-17/h2-4,6-7,14-16,29H,5,8-13H2,1H3. The lowest BCUT2D eigenvalue weighted by molar-refractivity contribution is -0.127. The van der Waals surface area contributed by atoms with Gasteiger partial charge in [-0.1, -0.05) is 29.5 Å². The molecule has 3 amide bonds. The van der Waals surface area contributed by atoms with E-state index in [-0.39, 0.29) is 30.5 Å². The number of hydrogen-bond donors (Lipinski definition) is 1. The number of carbonyl (C=O) groups excluding carboxylic acids is 4. The fourth-order valence-corrected chi connectivity index (χ4v) is 6.09. The Kier molecular flexibility index (Phi) is 6.76. The van der Waals surface area contributed by atoms with Crippen molar-refractivity contribution in [3.8, 4) is 16.3 Å². The number of ether oxygens (including phenoxy) is 1. The molecule has 40 heavy (non-hydrogen) atoms. The van der Waals surface area contributed by atoms with Gasteiger partial charge in [-0.2, -0.15) is 0 Å². The number of fused-ring (bicyclic) bond motifs is 1. The van der Waals surface area contributed by atoms with E-state index in [9.17, 15) is 19.2 Å². The third-order valence-corrected chi connectivity index (χ3v) is 8.27. The second-order valence-electron chi connectivity index (χ2n) is 9.56. The first-order chi connectivity index (χ1) is 19.5. The van der Waals surface area contributed by atoms with Crippen molar-refractivity contribution in [3.63, 3.8) is 0 Å². The number of aromatic nitrogens is 3. The first-order valence-corrected chi connectivity index (χ1v) is 13.8. The quantitative estimate of drug-likeness (QED) is 0.285. The second-order valence-corrected chi connectivity index (χ2v) is 10.6. The Balaban J connectivity index is 1.23. The molecule has 0 saturated carbocycles. The zero-order chi connectivity index (χ0) is 27.8. The molecule has 1 N–H and O–H groups in total. The molecule has 1 aromatic carbocycles. The number of ketones is 1. The summed E-state index contributed by atoms with van der Waals surface area (Å²) in [6.07, 6.45) is 5.98. The molecule has 0 bridgehead atoms. The van der Waals surface area contributed by atoms with Gasteiger partial charge >= 0.3 is 0 Å². The molecular formula is C28H26N6O5S. The van der Waals surface area contributed by atoms with Gasteiger partial charge in [0, 0.05) is 57.1 Å². The Hall–Kier alpha value is -4.58. The summed E-state index contributed by atoms with van der Waals surface area (Å²) in [5.74, 6) is -1.00. The van der Waals surface area contributed by atoms with E-state index in [1.165, 1.54) is 35.7 Å². The number of aromatic amines is 1. The first-order valence-electron chi connectivity index (χ1n) is 12.9. The zero-order valence-electron chi connectivity index (χ0n) is 21.8. The smallest absolute Gasteiger partial charge is 0.295 e. The van der Waals surface area contributed by atoms with Gasteiger partial charge in [-0.15, -0.1) is 0 Å². The fourth-order valence-electron chi connectivity index (χ4n) is 5.12. The molecule has 2 saturated heterocycles. The number of nitrogens with one attached hydrogen (secondary N) is 1. The van der Waals surface area contributed by atoms with Gasteiger partial charge in [-0.05, 0) is 18.6 Å². The van der Waals surface area contributed by atoms with Crippen molar-refractivity contribution in [2.75, 3.05) is 44.7 Å². The highest BCUT2D eigenvalue weighted by Gasteiger charge is 2.32. The van der Waals surface area contributed by atoms with Gasteiger partial charge in [0.25, 0.3) is 17.6 Å². The number of hydrogen-bond acceptors (Lipinski definition) is 8. The van der Waals surface area contributed by atoms with E-state index in [1.54, 1.807) is 28.1 Å². The monoisotopic (exact) mass is 558 g/mol. The third-order valence-electron chi connectivity index (χ3n) is 7.24. The average Bonchev–Trinajstić information content (AvgIpc) is 3.76. The lowest BCUT2D eigenvalue weighted by atomic mass is 10.1. The maximum absolute atomic E-state index is 13.5. The number of amides is 3. The van der Waals surface area contributed by atoms with Gasteiger partial charge in [0.15, 0.2) is 5.13 Å². The van der Waals surface area contributed by atoms with Gasteiger partial charge in [0.1, 0.15) is 11.4 Å². The van der Waals surface area contributed by atoms with Gasteiger partial charge in [-0.25, -0.2) is 9.97 Å². The Morgan fingerprint density at radius 1 is 0.975 bits per heavy atom. The summed E-state index contributed by atoms with van der Waals surface area (Å²) in [7, 11) is 1.48. The van der Waals surface area contributed by atoms with Crippen LogP contribution in [-0.2, 0) is 9.59 Å². The average molecular weight is 559 g/mol. The molecule has 0 aliphatic carbocycles. The molecule has 3 aromatic heterocycles. The molecule has 6 rings (SSSR count). The number of rotatable bonds is 6. The van der Waals surface area contributed by atoms with Crippen LogP contribution in [-0.4, -0.2) is 88.1 Å². The van der Waals surface area contributed by atoms with E-state index in [0.29, 0.717) is 64.0 Å². The van der Waals surface area contributed by atoms with Crippen LogP contribution in [0.1, 0.15) is 33.6 Å². The second kappa shape index (κ2) is 10.5. The van der Waals surface area contributed by atoms with E-state index in [1.807, 2.05) is 18.2 Å². The van der Waals surface area contributed by atoms with Crippen LogP contribution in [0.4, 0.5) is 5.13 Å². The van der Waals surface area contributed by atoms with E-state index in [0.717, 1.165) is 6.42 Å². The van der Waals surface area contributed by atoms with E-state index in [2.05, 4.69) is 15.0 Å². The molecule has 2 aliphatic heterocycles. The van der Waals surface area contributed by atoms with Crippen LogP contribution in [0.3, 0.4) is 0 Å². The number of thiazole rings is 1. The van der Waals surface area contributed by atoms with Gasteiger partial charge in [-0.3, -0.25) is 24.1 Å². The Morgan fingerprint density at radius 3 is 2.42 bits per heavy atom. The first kappa shape index (κ1) is 25.7. The van der Waals surface area contributed by atoms with Crippen molar-refractivity contribution < 1.29 is 23.9 Å². The number of H-pyrrole nitrogens is 1. The van der Waals surface area contributed by atoms with E-state index < -0.39 is 11.7 Å². The van der Waals surface area contributed by atoms with Crippen LogP contribution in [0, 0.1) is 0 Å². The maximum atomic E-state index is 13.5. The maximum Gasteiger partial charge on any atom is 0.295 e. The number of piperazine rings is 1. The summed E-state index contributed by atoms with van der Waals surface area (Å²) in [4.78, 5) is 69.3. The summed E-state index contributed by atoms with van der Waals surface area (Å²) in [5, 5.41) is 1.06. The minimum Gasteiger partial charge on any atom is -0.494 e. The van der Waals surface area contributed by atoms with E-state index >= 15 is 0 Å². The minimum absolute atomic E-state index is 0.0465. The number of Topliss-reactive ketones (excluding diaryl/α,β-unsaturated/α-hetero) is 1. The molecular weight excluding hydrogens is 532 g/mol. The van der Waals surface area contributed by atoms with Crippen molar-refractivity contribution in [1.29, 1.82) is 0 Å². The highest BCUT2D eigenvalue weighted by atomic mass is 32.1. The normalized spacial score (nSPS) is 15.6. The molecule has 12 heteroatoms.